The zero-order valence-corrected chi connectivity index (χ0v) is 14.5. The van der Waals surface area contributed by atoms with E-state index in [9.17, 15) is 0 Å². The van der Waals surface area contributed by atoms with Crippen LogP contribution in [0.1, 0.15) is 38.7 Å². The van der Waals surface area contributed by atoms with Gasteiger partial charge in [0.1, 0.15) is 0 Å². The van der Waals surface area contributed by atoms with Gasteiger partial charge in [0.2, 0.25) is 0 Å². The quantitative estimate of drug-likeness (QED) is 0.579. The van der Waals surface area contributed by atoms with Gasteiger partial charge in [-0.15, -0.1) is 0 Å². The van der Waals surface area contributed by atoms with Gasteiger partial charge in [0, 0.05) is 11.7 Å². The highest BCUT2D eigenvalue weighted by molar-refractivity contribution is 6.81. The summed E-state index contributed by atoms with van der Waals surface area (Å²) in [6.45, 7) is 8.25. The second kappa shape index (κ2) is 6.42. The molecule has 1 aliphatic rings. The zero-order valence-electron chi connectivity index (χ0n) is 13.5. The second-order valence-electron chi connectivity index (χ2n) is 6.89. The molecule has 0 saturated carbocycles. The average Bonchev–Trinajstić information content (AvgIpc) is 2.46. The molecule has 2 nitrogen and oxygen atoms in total. The molecule has 0 bridgehead atoms. The van der Waals surface area contributed by atoms with Gasteiger partial charge in [0.25, 0.3) is 0 Å². The van der Waals surface area contributed by atoms with Crippen LogP contribution < -0.4 is 0 Å². The lowest BCUT2D eigenvalue weighted by Crippen LogP contribution is -2.62. The van der Waals surface area contributed by atoms with Crippen molar-refractivity contribution >= 4 is 8.07 Å². The van der Waals surface area contributed by atoms with E-state index in [4.69, 9.17) is 4.84 Å². The molecule has 2 rings (SSSR count). The molecule has 0 spiro atoms. The second-order valence-corrected chi connectivity index (χ2v) is 12.2. The van der Waals surface area contributed by atoms with Crippen LogP contribution in [0.15, 0.2) is 30.3 Å². The third kappa shape index (κ3) is 3.16. The van der Waals surface area contributed by atoms with Crippen molar-refractivity contribution in [2.75, 3.05) is 7.11 Å². The van der Waals surface area contributed by atoms with Crippen LogP contribution in [-0.2, 0) is 11.4 Å². The van der Waals surface area contributed by atoms with Crippen LogP contribution in [0.4, 0.5) is 0 Å². The normalized spacial score (nSPS) is 19.2. The molecule has 112 valence electrons. The maximum absolute atomic E-state index is 5.81. The number of benzene rings is 1. The molecule has 0 amide bonds. The largest absolute Gasteiger partial charge is 0.302 e. The minimum absolute atomic E-state index is 0.179. The summed E-state index contributed by atoms with van der Waals surface area (Å²) in [5, 5.41) is 2.41. The summed E-state index contributed by atoms with van der Waals surface area (Å²) >= 11 is 0. The molecule has 20 heavy (non-hydrogen) atoms. The topological polar surface area (TPSA) is 12.5 Å². The van der Waals surface area contributed by atoms with Crippen molar-refractivity contribution in [2.24, 2.45) is 0 Å². The van der Waals surface area contributed by atoms with Gasteiger partial charge in [-0.25, -0.2) is 0 Å². The van der Waals surface area contributed by atoms with Crippen molar-refractivity contribution in [2.45, 2.75) is 63.5 Å². The fourth-order valence-corrected chi connectivity index (χ4v) is 7.79. The summed E-state index contributed by atoms with van der Waals surface area (Å²) in [4.78, 5) is 5.81. The number of hydroxylamine groups is 2. The molecule has 1 heterocycles. The number of nitrogens with zero attached hydrogens (tertiary/aromatic N) is 1. The van der Waals surface area contributed by atoms with E-state index in [1.807, 2.05) is 7.11 Å². The fraction of sp³-hybridized carbons (Fsp3) is 0.647. The molecular formula is C17H29NOSi. The van der Waals surface area contributed by atoms with Gasteiger partial charge < -0.3 is 4.84 Å². The van der Waals surface area contributed by atoms with E-state index < -0.39 is 8.07 Å². The molecule has 0 atom stereocenters. The van der Waals surface area contributed by atoms with Crippen molar-refractivity contribution in [1.29, 1.82) is 0 Å². The predicted octanol–water partition coefficient (Wildman–Crippen LogP) is 4.63. The first-order valence-corrected chi connectivity index (χ1v) is 10.8. The van der Waals surface area contributed by atoms with Gasteiger partial charge in [-0.1, -0.05) is 68.2 Å². The van der Waals surface area contributed by atoms with Crippen LogP contribution >= 0.6 is 0 Å². The summed E-state index contributed by atoms with van der Waals surface area (Å²) in [7, 11) is 0.523. The summed E-state index contributed by atoms with van der Waals surface area (Å²) in [6.07, 6.45) is 4.24. The molecule has 1 saturated heterocycles. The Labute approximate surface area is 125 Å². The number of rotatable bonds is 5. The van der Waals surface area contributed by atoms with E-state index in [2.05, 4.69) is 55.8 Å². The molecule has 1 fully saturated rings. The van der Waals surface area contributed by atoms with Crippen molar-refractivity contribution in [1.82, 2.24) is 5.06 Å². The van der Waals surface area contributed by atoms with E-state index >= 15 is 0 Å². The highest BCUT2D eigenvalue weighted by atomic mass is 28.3. The third-order valence-electron chi connectivity index (χ3n) is 5.45. The highest BCUT2D eigenvalue weighted by Gasteiger charge is 2.47. The molecule has 0 unspecified atom stereocenters. The molecule has 1 aromatic carbocycles. The summed E-state index contributed by atoms with van der Waals surface area (Å²) in [5.74, 6) is 0. The predicted molar refractivity (Wildman–Crippen MR) is 88.2 cm³/mol. The van der Waals surface area contributed by atoms with E-state index in [0.29, 0.717) is 0 Å². The molecule has 1 aromatic rings. The average molecular weight is 292 g/mol. The molecular weight excluding hydrogens is 262 g/mol. The van der Waals surface area contributed by atoms with E-state index in [0.717, 1.165) is 6.54 Å². The van der Waals surface area contributed by atoms with E-state index in [-0.39, 0.29) is 5.16 Å². The maximum Gasteiger partial charge on any atom is 0.0762 e. The lowest BCUT2D eigenvalue weighted by Gasteiger charge is -2.50. The molecule has 0 aromatic heterocycles. The van der Waals surface area contributed by atoms with Crippen LogP contribution in [0.2, 0.25) is 18.6 Å². The van der Waals surface area contributed by atoms with Gasteiger partial charge in [0.15, 0.2) is 0 Å². The Morgan fingerprint density at radius 1 is 1.10 bits per heavy atom. The molecule has 0 radical (unpaired) electrons. The van der Waals surface area contributed by atoms with Crippen LogP contribution in [0.25, 0.3) is 0 Å². The smallest absolute Gasteiger partial charge is 0.0762 e. The summed E-state index contributed by atoms with van der Waals surface area (Å²) < 4.78 is 0. The fourth-order valence-electron chi connectivity index (χ4n) is 3.48. The first-order chi connectivity index (χ1) is 9.49. The molecule has 0 N–H and O–H groups in total. The maximum atomic E-state index is 5.81. The number of hydrogen-bond donors (Lipinski definition) is 0. The van der Waals surface area contributed by atoms with Crippen LogP contribution in [0.3, 0.4) is 0 Å². The molecule has 1 aliphatic heterocycles. The Hall–Kier alpha value is -0.643. The Bertz CT molecular complexity index is 412. The van der Waals surface area contributed by atoms with Gasteiger partial charge in [-0.2, -0.15) is 5.06 Å². The SMILES string of the molecule is CON(Cc1ccccc1)C(C)(C)[Si]1(C)CCCCC1. The van der Waals surface area contributed by atoms with E-state index in [1.54, 1.807) is 0 Å². The first kappa shape index (κ1) is 15.7. The monoisotopic (exact) mass is 291 g/mol. The van der Waals surface area contributed by atoms with Crippen LogP contribution in [0.5, 0.6) is 0 Å². The van der Waals surface area contributed by atoms with Crippen molar-refractivity contribution in [3.05, 3.63) is 35.9 Å². The van der Waals surface area contributed by atoms with Crippen LogP contribution in [0, 0.1) is 0 Å². The zero-order chi connectivity index (χ0) is 14.6. The first-order valence-electron chi connectivity index (χ1n) is 7.85. The Morgan fingerprint density at radius 2 is 1.70 bits per heavy atom. The number of hydrogen-bond acceptors (Lipinski definition) is 2. The minimum Gasteiger partial charge on any atom is -0.302 e. The standard InChI is InChI=1S/C17H29NOSi/c1-17(2,20(4)13-9-6-10-14-20)18(19-3)15-16-11-7-5-8-12-16/h5,7-8,11-12H,6,9-10,13-15H2,1-4H3. The Balaban J connectivity index is 2.16. The van der Waals surface area contributed by atoms with Crippen LogP contribution in [-0.4, -0.2) is 25.4 Å². The van der Waals surface area contributed by atoms with Gasteiger partial charge in [-0.05, 0) is 19.4 Å². The van der Waals surface area contributed by atoms with Gasteiger partial charge in [0.05, 0.1) is 15.2 Å². The van der Waals surface area contributed by atoms with Crippen molar-refractivity contribution in [3.63, 3.8) is 0 Å². The summed E-state index contributed by atoms with van der Waals surface area (Å²) in [6, 6.07) is 13.5. The lowest BCUT2D eigenvalue weighted by molar-refractivity contribution is -0.178. The molecule has 3 heteroatoms. The summed E-state index contributed by atoms with van der Waals surface area (Å²) in [5.41, 5.74) is 1.33. The Kier molecular flexibility index (Phi) is 5.05. The van der Waals surface area contributed by atoms with Crippen molar-refractivity contribution in [3.8, 4) is 0 Å². The third-order valence-corrected chi connectivity index (χ3v) is 11.6. The Morgan fingerprint density at radius 3 is 2.25 bits per heavy atom. The highest BCUT2D eigenvalue weighted by Crippen LogP contribution is 2.40. The molecule has 0 aliphatic carbocycles. The lowest BCUT2D eigenvalue weighted by atomic mass is 10.2. The van der Waals surface area contributed by atoms with Crippen molar-refractivity contribution < 1.29 is 4.84 Å². The van der Waals surface area contributed by atoms with Gasteiger partial charge in [-0.3, -0.25) is 0 Å². The van der Waals surface area contributed by atoms with E-state index in [1.165, 1.54) is 36.9 Å². The van der Waals surface area contributed by atoms with Gasteiger partial charge >= 0.3 is 0 Å². The minimum atomic E-state index is -1.30.